The molecule has 0 atom stereocenters. The van der Waals surface area contributed by atoms with Crippen LogP contribution in [-0.4, -0.2) is 30.1 Å². The molecule has 7 heteroatoms. The minimum Gasteiger partial charge on any atom is -0.444 e. The second kappa shape index (κ2) is 10.6. The summed E-state index contributed by atoms with van der Waals surface area (Å²) in [6, 6.07) is 6.80. The lowest BCUT2D eigenvalue weighted by molar-refractivity contribution is -0.115. The number of carbonyl (C=O) groups is 3. The fourth-order valence-electron chi connectivity index (χ4n) is 3.04. The number of hydrogen-bond acceptors (Lipinski definition) is 4. The molecule has 3 N–H and O–H groups in total. The quantitative estimate of drug-likeness (QED) is 0.622. The first-order valence-electron chi connectivity index (χ1n) is 10.1. The molecule has 0 heterocycles. The molecule has 0 aromatic heterocycles. The maximum absolute atomic E-state index is 12.0. The van der Waals surface area contributed by atoms with Crippen molar-refractivity contribution in [1.29, 1.82) is 0 Å². The predicted molar refractivity (Wildman–Crippen MR) is 114 cm³/mol. The highest BCUT2D eigenvalue weighted by molar-refractivity contribution is 5.99. The van der Waals surface area contributed by atoms with Crippen LogP contribution in [-0.2, 0) is 14.3 Å². The van der Waals surface area contributed by atoms with Crippen molar-refractivity contribution in [3.8, 4) is 0 Å². The standard InChI is InChI=1S/C22H31N3O4/c1-22(2,3)29-21(28)23-15-20(27)25-18-12-10-17(11-13-18)24-19(26)14-9-16-7-5-4-6-8-16/h9-14,16H,4-8,15H2,1-3H3,(H,23,28)(H,24,26)(H,25,27)/b14-9+. The van der Waals surface area contributed by atoms with Crippen LogP contribution in [0.1, 0.15) is 52.9 Å². The zero-order valence-electron chi connectivity index (χ0n) is 17.4. The van der Waals surface area contributed by atoms with Crippen LogP contribution >= 0.6 is 0 Å². The van der Waals surface area contributed by atoms with E-state index in [1.165, 1.54) is 19.3 Å². The van der Waals surface area contributed by atoms with Gasteiger partial charge in [0, 0.05) is 11.4 Å². The molecule has 0 bridgehead atoms. The second-order valence-corrected chi connectivity index (χ2v) is 8.23. The summed E-state index contributed by atoms with van der Waals surface area (Å²) < 4.78 is 5.07. The Kier molecular flexibility index (Phi) is 8.24. The lowest BCUT2D eigenvalue weighted by atomic mass is 9.89. The van der Waals surface area contributed by atoms with E-state index in [2.05, 4.69) is 16.0 Å². The molecule has 1 aliphatic rings. The molecule has 1 fully saturated rings. The number of alkyl carbamates (subject to hydrolysis) is 1. The zero-order chi connectivity index (χ0) is 21.3. The van der Waals surface area contributed by atoms with Crippen molar-refractivity contribution in [3.63, 3.8) is 0 Å². The van der Waals surface area contributed by atoms with E-state index >= 15 is 0 Å². The van der Waals surface area contributed by atoms with Gasteiger partial charge in [0.15, 0.2) is 0 Å². The minimum absolute atomic E-state index is 0.158. The van der Waals surface area contributed by atoms with Crippen LogP contribution in [0.4, 0.5) is 16.2 Å². The van der Waals surface area contributed by atoms with Gasteiger partial charge in [-0.05, 0) is 69.9 Å². The fourth-order valence-corrected chi connectivity index (χ4v) is 3.04. The maximum atomic E-state index is 12.0. The van der Waals surface area contributed by atoms with Gasteiger partial charge in [-0.2, -0.15) is 0 Å². The normalized spacial score (nSPS) is 15.0. The lowest BCUT2D eigenvalue weighted by Gasteiger charge is -2.19. The van der Waals surface area contributed by atoms with Gasteiger partial charge in [-0.15, -0.1) is 0 Å². The van der Waals surface area contributed by atoms with Gasteiger partial charge in [-0.3, -0.25) is 9.59 Å². The Hall–Kier alpha value is -2.83. The summed E-state index contributed by atoms with van der Waals surface area (Å²) in [6.07, 6.45) is 9.02. The number of amides is 3. The number of hydrogen-bond donors (Lipinski definition) is 3. The van der Waals surface area contributed by atoms with E-state index in [9.17, 15) is 14.4 Å². The van der Waals surface area contributed by atoms with Gasteiger partial charge in [0.2, 0.25) is 11.8 Å². The maximum Gasteiger partial charge on any atom is 0.408 e. The van der Waals surface area contributed by atoms with Gasteiger partial charge >= 0.3 is 6.09 Å². The summed E-state index contributed by atoms with van der Waals surface area (Å²) in [5.41, 5.74) is 0.594. The molecule has 0 unspecified atom stereocenters. The molecule has 0 spiro atoms. The smallest absolute Gasteiger partial charge is 0.408 e. The van der Waals surface area contributed by atoms with Crippen molar-refractivity contribution < 1.29 is 19.1 Å². The Morgan fingerprint density at radius 2 is 1.59 bits per heavy atom. The molecule has 0 saturated heterocycles. The van der Waals surface area contributed by atoms with E-state index in [0.717, 1.165) is 12.8 Å². The largest absolute Gasteiger partial charge is 0.444 e. The van der Waals surface area contributed by atoms with Crippen LogP contribution in [0.2, 0.25) is 0 Å². The average molecular weight is 402 g/mol. The molecule has 29 heavy (non-hydrogen) atoms. The van der Waals surface area contributed by atoms with Gasteiger partial charge in [0.05, 0.1) is 0 Å². The van der Waals surface area contributed by atoms with Crippen LogP contribution in [0.3, 0.4) is 0 Å². The minimum atomic E-state index is -0.646. The molecule has 158 valence electrons. The molecule has 0 radical (unpaired) electrons. The van der Waals surface area contributed by atoms with Gasteiger partial charge in [-0.25, -0.2) is 4.79 Å². The number of allylic oxidation sites excluding steroid dienone is 1. The van der Waals surface area contributed by atoms with Gasteiger partial charge in [0.1, 0.15) is 12.1 Å². The van der Waals surface area contributed by atoms with Crippen LogP contribution in [0.25, 0.3) is 0 Å². The highest BCUT2D eigenvalue weighted by Gasteiger charge is 2.16. The van der Waals surface area contributed by atoms with Crippen molar-refractivity contribution in [3.05, 3.63) is 36.4 Å². The summed E-state index contributed by atoms with van der Waals surface area (Å²) in [5, 5.41) is 7.88. The third kappa shape index (κ3) is 9.27. The summed E-state index contributed by atoms with van der Waals surface area (Å²) in [4.78, 5) is 35.5. The molecule has 0 aliphatic heterocycles. The van der Waals surface area contributed by atoms with E-state index in [1.54, 1.807) is 51.1 Å². The monoisotopic (exact) mass is 401 g/mol. The van der Waals surface area contributed by atoms with Crippen LogP contribution in [0, 0.1) is 5.92 Å². The highest BCUT2D eigenvalue weighted by atomic mass is 16.6. The topological polar surface area (TPSA) is 96.5 Å². The van der Waals surface area contributed by atoms with Gasteiger partial charge in [0.25, 0.3) is 0 Å². The van der Waals surface area contributed by atoms with Crippen molar-refractivity contribution in [2.45, 2.75) is 58.5 Å². The summed E-state index contributed by atoms with van der Waals surface area (Å²) in [7, 11) is 0. The summed E-state index contributed by atoms with van der Waals surface area (Å²) in [5.74, 6) is -0.0293. The van der Waals surface area contributed by atoms with Crippen molar-refractivity contribution in [2.75, 3.05) is 17.2 Å². The first kappa shape index (κ1) is 22.5. The van der Waals surface area contributed by atoms with E-state index < -0.39 is 11.7 Å². The fraction of sp³-hybridized carbons (Fsp3) is 0.500. The number of carbonyl (C=O) groups excluding carboxylic acids is 3. The van der Waals surface area contributed by atoms with E-state index in [4.69, 9.17) is 4.74 Å². The molecule has 1 aromatic rings. The Balaban J connectivity index is 1.74. The Morgan fingerprint density at radius 3 is 2.17 bits per heavy atom. The van der Waals surface area contributed by atoms with E-state index in [-0.39, 0.29) is 18.4 Å². The molecular formula is C22H31N3O4. The second-order valence-electron chi connectivity index (χ2n) is 8.23. The molecule has 7 nitrogen and oxygen atoms in total. The first-order valence-corrected chi connectivity index (χ1v) is 10.1. The average Bonchev–Trinajstić information content (AvgIpc) is 2.66. The third-order valence-electron chi connectivity index (χ3n) is 4.40. The molecule has 1 saturated carbocycles. The van der Waals surface area contributed by atoms with Crippen LogP contribution in [0.5, 0.6) is 0 Å². The Morgan fingerprint density at radius 1 is 1.00 bits per heavy atom. The Labute approximate surface area is 172 Å². The number of anilines is 2. The SMILES string of the molecule is CC(C)(C)OC(=O)NCC(=O)Nc1ccc(NC(=O)/C=C/C2CCCCC2)cc1. The predicted octanol–water partition coefficient (Wildman–Crippen LogP) is 4.22. The Bertz CT molecular complexity index is 729. The summed E-state index contributed by atoms with van der Waals surface area (Å²) >= 11 is 0. The summed E-state index contributed by atoms with van der Waals surface area (Å²) in [6.45, 7) is 5.05. The number of benzene rings is 1. The lowest BCUT2D eigenvalue weighted by Crippen LogP contribution is -2.37. The zero-order valence-corrected chi connectivity index (χ0v) is 17.4. The molecule has 3 amide bonds. The number of ether oxygens (including phenoxy) is 1. The number of rotatable bonds is 6. The van der Waals surface area contributed by atoms with Gasteiger partial charge < -0.3 is 20.7 Å². The van der Waals surface area contributed by atoms with E-state index in [1.807, 2.05) is 6.08 Å². The highest BCUT2D eigenvalue weighted by Crippen LogP contribution is 2.24. The molecule has 1 aliphatic carbocycles. The molecule has 2 rings (SSSR count). The van der Waals surface area contributed by atoms with Crippen molar-refractivity contribution in [2.24, 2.45) is 5.92 Å². The third-order valence-corrected chi connectivity index (χ3v) is 4.40. The van der Waals surface area contributed by atoms with E-state index in [0.29, 0.717) is 17.3 Å². The van der Waals surface area contributed by atoms with Gasteiger partial charge in [-0.1, -0.05) is 25.3 Å². The number of nitrogens with one attached hydrogen (secondary N) is 3. The van der Waals surface area contributed by atoms with Crippen LogP contribution in [0.15, 0.2) is 36.4 Å². The van der Waals surface area contributed by atoms with Crippen molar-refractivity contribution >= 4 is 29.3 Å². The van der Waals surface area contributed by atoms with Crippen molar-refractivity contribution in [1.82, 2.24) is 5.32 Å². The molecular weight excluding hydrogens is 370 g/mol. The first-order chi connectivity index (χ1) is 13.7. The van der Waals surface area contributed by atoms with Crippen LogP contribution < -0.4 is 16.0 Å². The molecule has 1 aromatic carbocycles.